The third-order valence-electron chi connectivity index (χ3n) is 6.69. The van der Waals surface area contributed by atoms with Gasteiger partial charge in [-0.1, -0.05) is 27.7 Å². The standard InChI is InChI=1S/C25H32O6/c1-10(2)13-14-19(28)16(17(26)11(3)4)18(27)12(5)20(14)31-22-15(13)21(29)24(6,7)23(30)25(22,8)9/h10-11,13,27-28H,1-9H3/t13-/m1/s1. The number of phenolic OH excluding ortho intramolecular Hbond substituents is 2. The number of hydrogen-bond acceptors (Lipinski definition) is 6. The molecule has 0 aromatic heterocycles. The number of hydrogen-bond donors (Lipinski definition) is 2. The van der Waals surface area contributed by atoms with Crippen LogP contribution in [0.2, 0.25) is 0 Å². The maximum Gasteiger partial charge on any atom is 0.175 e. The summed E-state index contributed by atoms with van der Waals surface area (Å²) in [7, 11) is 0. The predicted octanol–water partition coefficient (Wildman–Crippen LogP) is 4.84. The van der Waals surface area contributed by atoms with E-state index in [-0.39, 0.29) is 46.1 Å². The number of ketones is 3. The zero-order valence-electron chi connectivity index (χ0n) is 19.8. The van der Waals surface area contributed by atoms with E-state index < -0.39 is 28.4 Å². The SMILES string of the molecule is Cc1c(O)c(C(=O)C(C)C)c(O)c2c1OC1=C(C(=O)C(C)(C)C(=O)C1(C)C)[C@@H]2C(C)C. The lowest BCUT2D eigenvalue weighted by Crippen LogP contribution is -2.52. The van der Waals surface area contributed by atoms with Gasteiger partial charge in [0.1, 0.15) is 28.6 Å². The number of benzene rings is 1. The third kappa shape index (κ3) is 2.94. The van der Waals surface area contributed by atoms with Crippen molar-refractivity contribution < 1.29 is 29.3 Å². The molecule has 0 saturated heterocycles. The maximum atomic E-state index is 13.5. The summed E-state index contributed by atoms with van der Waals surface area (Å²) >= 11 is 0. The van der Waals surface area contributed by atoms with Gasteiger partial charge in [0.2, 0.25) is 0 Å². The van der Waals surface area contributed by atoms with Crippen LogP contribution in [0.1, 0.15) is 82.8 Å². The highest BCUT2D eigenvalue weighted by Gasteiger charge is 2.58. The first kappa shape index (κ1) is 23.0. The van der Waals surface area contributed by atoms with Crippen LogP contribution in [0.25, 0.3) is 0 Å². The van der Waals surface area contributed by atoms with E-state index in [1.54, 1.807) is 48.5 Å². The molecular weight excluding hydrogens is 396 g/mol. The summed E-state index contributed by atoms with van der Waals surface area (Å²) in [6, 6.07) is 0. The van der Waals surface area contributed by atoms with Gasteiger partial charge in [0.15, 0.2) is 17.3 Å². The fourth-order valence-electron chi connectivity index (χ4n) is 4.94. The Balaban J connectivity index is 2.44. The van der Waals surface area contributed by atoms with Crippen molar-refractivity contribution in [1.29, 1.82) is 0 Å². The number of aromatic hydroxyl groups is 2. The molecule has 0 saturated carbocycles. The van der Waals surface area contributed by atoms with Gasteiger partial charge in [0, 0.05) is 28.5 Å². The molecule has 1 atom stereocenters. The summed E-state index contributed by atoms with van der Waals surface area (Å²) < 4.78 is 6.16. The largest absolute Gasteiger partial charge is 0.507 e. The first-order valence-corrected chi connectivity index (χ1v) is 10.7. The molecule has 0 bridgehead atoms. The number of allylic oxidation sites excluding steroid dienone is 2. The predicted molar refractivity (Wildman–Crippen MR) is 116 cm³/mol. The molecule has 1 heterocycles. The summed E-state index contributed by atoms with van der Waals surface area (Å²) in [6.45, 7) is 15.5. The second-order valence-electron chi connectivity index (χ2n) is 10.4. The summed E-state index contributed by atoms with van der Waals surface area (Å²) in [5.74, 6) is -2.38. The molecule has 0 fully saturated rings. The molecule has 2 aliphatic rings. The summed E-state index contributed by atoms with van der Waals surface area (Å²) in [5, 5.41) is 22.0. The molecule has 1 aromatic rings. The molecule has 0 unspecified atom stereocenters. The van der Waals surface area contributed by atoms with Crippen LogP contribution in [0.5, 0.6) is 17.2 Å². The maximum absolute atomic E-state index is 13.5. The number of carbonyl (C=O) groups is 3. The van der Waals surface area contributed by atoms with Gasteiger partial charge in [-0.05, 0) is 40.5 Å². The van der Waals surface area contributed by atoms with Gasteiger partial charge in [0.05, 0.1) is 10.8 Å². The molecule has 0 spiro atoms. The van der Waals surface area contributed by atoms with Crippen molar-refractivity contribution in [2.75, 3.05) is 0 Å². The Kier molecular flexibility index (Phi) is 5.16. The van der Waals surface area contributed by atoms with E-state index in [1.165, 1.54) is 0 Å². The lowest BCUT2D eigenvalue weighted by molar-refractivity contribution is -0.144. The van der Waals surface area contributed by atoms with Crippen LogP contribution in [-0.4, -0.2) is 27.6 Å². The number of phenols is 2. The quantitative estimate of drug-likeness (QED) is 0.528. The topological polar surface area (TPSA) is 101 Å². The fraction of sp³-hybridized carbons (Fsp3) is 0.560. The van der Waals surface area contributed by atoms with Crippen molar-refractivity contribution in [3.05, 3.63) is 28.0 Å². The highest BCUT2D eigenvalue weighted by atomic mass is 16.5. The highest BCUT2D eigenvalue weighted by molar-refractivity contribution is 6.20. The highest BCUT2D eigenvalue weighted by Crippen LogP contribution is 2.58. The molecule has 1 aromatic carbocycles. The van der Waals surface area contributed by atoms with Crippen molar-refractivity contribution in [2.45, 2.75) is 68.2 Å². The Bertz CT molecular complexity index is 1050. The molecule has 1 aliphatic heterocycles. The fourth-order valence-corrected chi connectivity index (χ4v) is 4.94. The summed E-state index contributed by atoms with van der Waals surface area (Å²) in [4.78, 5) is 39.5. The van der Waals surface area contributed by atoms with Crippen molar-refractivity contribution in [1.82, 2.24) is 0 Å². The Morgan fingerprint density at radius 3 is 2.00 bits per heavy atom. The van der Waals surface area contributed by atoms with Crippen LogP contribution in [0.3, 0.4) is 0 Å². The number of rotatable bonds is 3. The van der Waals surface area contributed by atoms with Gasteiger partial charge in [-0.25, -0.2) is 0 Å². The lowest BCUT2D eigenvalue weighted by Gasteiger charge is -2.46. The van der Waals surface area contributed by atoms with Gasteiger partial charge in [-0.2, -0.15) is 0 Å². The molecule has 0 radical (unpaired) electrons. The van der Waals surface area contributed by atoms with E-state index in [1.807, 2.05) is 13.8 Å². The molecule has 31 heavy (non-hydrogen) atoms. The number of carbonyl (C=O) groups excluding carboxylic acids is 3. The Morgan fingerprint density at radius 2 is 1.52 bits per heavy atom. The minimum absolute atomic E-state index is 0.145. The number of ether oxygens (including phenoxy) is 1. The lowest BCUT2D eigenvalue weighted by atomic mass is 9.59. The molecule has 168 valence electrons. The van der Waals surface area contributed by atoms with E-state index in [9.17, 15) is 24.6 Å². The van der Waals surface area contributed by atoms with E-state index >= 15 is 0 Å². The third-order valence-corrected chi connectivity index (χ3v) is 6.69. The van der Waals surface area contributed by atoms with E-state index in [0.717, 1.165) is 0 Å². The van der Waals surface area contributed by atoms with Crippen molar-refractivity contribution in [3.63, 3.8) is 0 Å². The Hall–Kier alpha value is -2.63. The van der Waals surface area contributed by atoms with Crippen LogP contribution in [0.4, 0.5) is 0 Å². The molecule has 1 aliphatic carbocycles. The molecule has 3 rings (SSSR count). The van der Waals surface area contributed by atoms with Crippen LogP contribution < -0.4 is 4.74 Å². The number of Topliss-reactive ketones (excluding diaryl/α,β-unsaturated/α-hetero) is 3. The van der Waals surface area contributed by atoms with Gasteiger partial charge in [-0.3, -0.25) is 14.4 Å². The first-order valence-electron chi connectivity index (χ1n) is 10.7. The van der Waals surface area contributed by atoms with Crippen LogP contribution in [0, 0.1) is 29.6 Å². The molecular formula is C25H32O6. The summed E-state index contributed by atoms with van der Waals surface area (Å²) in [6.07, 6.45) is 0. The van der Waals surface area contributed by atoms with Crippen LogP contribution in [0.15, 0.2) is 11.3 Å². The minimum atomic E-state index is -1.24. The second kappa shape index (κ2) is 6.94. The monoisotopic (exact) mass is 428 g/mol. The van der Waals surface area contributed by atoms with Gasteiger partial charge in [0.25, 0.3) is 0 Å². The van der Waals surface area contributed by atoms with Crippen LogP contribution in [-0.2, 0) is 9.59 Å². The van der Waals surface area contributed by atoms with Crippen molar-refractivity contribution in [3.8, 4) is 17.2 Å². The zero-order chi connectivity index (χ0) is 23.8. The van der Waals surface area contributed by atoms with E-state index in [2.05, 4.69) is 0 Å². The van der Waals surface area contributed by atoms with Gasteiger partial charge >= 0.3 is 0 Å². The summed E-state index contributed by atoms with van der Waals surface area (Å²) in [5.41, 5.74) is -1.48. The van der Waals surface area contributed by atoms with Gasteiger partial charge < -0.3 is 14.9 Å². The van der Waals surface area contributed by atoms with E-state index in [0.29, 0.717) is 16.7 Å². The zero-order valence-corrected chi connectivity index (χ0v) is 19.8. The Labute approximate surface area is 183 Å². The van der Waals surface area contributed by atoms with Crippen molar-refractivity contribution >= 4 is 17.3 Å². The second-order valence-corrected chi connectivity index (χ2v) is 10.4. The normalized spacial score (nSPS) is 21.8. The molecule has 0 amide bonds. The average molecular weight is 429 g/mol. The first-order chi connectivity index (χ1) is 14.1. The Morgan fingerprint density at radius 1 is 0.968 bits per heavy atom. The van der Waals surface area contributed by atoms with Gasteiger partial charge in [-0.15, -0.1) is 0 Å². The van der Waals surface area contributed by atoms with Crippen molar-refractivity contribution in [2.24, 2.45) is 22.7 Å². The molecule has 6 heteroatoms. The van der Waals surface area contributed by atoms with Crippen LogP contribution >= 0.6 is 0 Å². The number of fused-ring (bicyclic) bond motifs is 1. The average Bonchev–Trinajstić information content (AvgIpc) is 2.68. The van der Waals surface area contributed by atoms with E-state index in [4.69, 9.17) is 4.74 Å². The molecule has 6 nitrogen and oxygen atoms in total. The smallest absolute Gasteiger partial charge is 0.175 e. The minimum Gasteiger partial charge on any atom is -0.507 e. The molecule has 2 N–H and O–H groups in total.